The summed E-state index contributed by atoms with van der Waals surface area (Å²) in [6, 6.07) is 15.1. The van der Waals surface area contributed by atoms with Crippen molar-refractivity contribution in [3.05, 3.63) is 72.1 Å². The third kappa shape index (κ3) is 6.59. The van der Waals surface area contributed by atoms with Crippen molar-refractivity contribution in [1.29, 1.82) is 0 Å². The standard InChI is InChI=1S/C20H22N2O3/c1-2-25-20(24)13-15-22(16-18-10-6-7-14-21-18)19(23)12-11-17-8-4-3-5-9-17/h3-12,14H,2,13,15-16H2,1H3/b12-11+. The first-order chi connectivity index (χ1) is 12.2. The molecular weight excluding hydrogens is 316 g/mol. The highest BCUT2D eigenvalue weighted by Gasteiger charge is 2.14. The molecule has 5 nitrogen and oxygen atoms in total. The third-order valence-electron chi connectivity index (χ3n) is 3.50. The van der Waals surface area contributed by atoms with Crippen molar-refractivity contribution in [2.75, 3.05) is 13.2 Å². The molecule has 25 heavy (non-hydrogen) atoms. The van der Waals surface area contributed by atoms with Gasteiger partial charge in [-0.3, -0.25) is 14.6 Å². The fraction of sp³-hybridized carbons (Fsp3) is 0.250. The maximum Gasteiger partial charge on any atom is 0.307 e. The summed E-state index contributed by atoms with van der Waals surface area (Å²) in [6.07, 6.45) is 5.12. The largest absolute Gasteiger partial charge is 0.466 e. The van der Waals surface area contributed by atoms with Gasteiger partial charge in [-0.15, -0.1) is 0 Å². The monoisotopic (exact) mass is 338 g/mol. The minimum atomic E-state index is -0.312. The molecule has 0 unspecified atom stereocenters. The average Bonchev–Trinajstić information content (AvgIpc) is 2.65. The van der Waals surface area contributed by atoms with E-state index in [1.807, 2.05) is 48.5 Å². The molecule has 0 radical (unpaired) electrons. The maximum atomic E-state index is 12.6. The molecule has 0 aliphatic rings. The zero-order valence-corrected chi connectivity index (χ0v) is 14.3. The Kier molecular flexibility index (Phi) is 7.38. The highest BCUT2D eigenvalue weighted by Crippen LogP contribution is 2.07. The van der Waals surface area contributed by atoms with Gasteiger partial charge in [0.05, 0.1) is 25.3 Å². The van der Waals surface area contributed by atoms with Crippen LogP contribution >= 0.6 is 0 Å². The molecule has 0 aliphatic heterocycles. The Hall–Kier alpha value is -2.95. The predicted octanol–water partition coefficient (Wildman–Crippen LogP) is 3.08. The predicted molar refractivity (Wildman–Crippen MR) is 96.4 cm³/mol. The van der Waals surface area contributed by atoms with Crippen molar-refractivity contribution in [3.8, 4) is 0 Å². The summed E-state index contributed by atoms with van der Waals surface area (Å²) in [5.74, 6) is -0.479. The van der Waals surface area contributed by atoms with Gasteiger partial charge in [-0.2, -0.15) is 0 Å². The first-order valence-corrected chi connectivity index (χ1v) is 8.26. The quantitative estimate of drug-likeness (QED) is 0.548. The van der Waals surface area contributed by atoms with E-state index in [1.54, 1.807) is 24.1 Å². The van der Waals surface area contributed by atoms with E-state index in [1.165, 1.54) is 6.08 Å². The highest BCUT2D eigenvalue weighted by atomic mass is 16.5. The number of aromatic nitrogens is 1. The van der Waals surface area contributed by atoms with E-state index in [2.05, 4.69) is 4.98 Å². The van der Waals surface area contributed by atoms with Crippen LogP contribution in [-0.2, 0) is 20.9 Å². The molecule has 0 saturated carbocycles. The molecule has 0 aliphatic carbocycles. The van der Waals surface area contributed by atoms with Gasteiger partial charge in [-0.25, -0.2) is 0 Å². The van der Waals surface area contributed by atoms with Crippen molar-refractivity contribution < 1.29 is 14.3 Å². The fourth-order valence-electron chi connectivity index (χ4n) is 2.25. The molecule has 1 aromatic heterocycles. The van der Waals surface area contributed by atoms with Crippen LogP contribution in [0.4, 0.5) is 0 Å². The van der Waals surface area contributed by atoms with E-state index in [-0.39, 0.29) is 24.8 Å². The second-order valence-corrected chi connectivity index (χ2v) is 5.38. The van der Waals surface area contributed by atoms with Crippen molar-refractivity contribution in [1.82, 2.24) is 9.88 Å². The Morgan fingerprint density at radius 1 is 1.12 bits per heavy atom. The van der Waals surface area contributed by atoms with Crippen molar-refractivity contribution in [3.63, 3.8) is 0 Å². The molecule has 0 spiro atoms. The smallest absolute Gasteiger partial charge is 0.307 e. The lowest BCUT2D eigenvalue weighted by Crippen LogP contribution is -2.31. The summed E-state index contributed by atoms with van der Waals surface area (Å²) in [7, 11) is 0. The minimum Gasteiger partial charge on any atom is -0.466 e. The van der Waals surface area contributed by atoms with Crippen LogP contribution in [0.1, 0.15) is 24.6 Å². The number of esters is 1. The number of ether oxygens (including phenoxy) is 1. The lowest BCUT2D eigenvalue weighted by atomic mass is 10.2. The second kappa shape index (κ2) is 10.0. The molecule has 0 fully saturated rings. The van der Waals surface area contributed by atoms with Gasteiger partial charge < -0.3 is 9.64 Å². The number of carbonyl (C=O) groups excluding carboxylic acids is 2. The fourth-order valence-corrected chi connectivity index (χ4v) is 2.25. The van der Waals surface area contributed by atoms with Crippen LogP contribution in [0.2, 0.25) is 0 Å². The third-order valence-corrected chi connectivity index (χ3v) is 3.50. The topological polar surface area (TPSA) is 59.5 Å². The van der Waals surface area contributed by atoms with Crippen molar-refractivity contribution in [2.24, 2.45) is 0 Å². The number of carbonyl (C=O) groups is 2. The van der Waals surface area contributed by atoms with Gasteiger partial charge in [0, 0.05) is 18.8 Å². The second-order valence-electron chi connectivity index (χ2n) is 5.38. The number of hydrogen-bond acceptors (Lipinski definition) is 4. The van der Waals surface area contributed by atoms with Gasteiger partial charge in [0.2, 0.25) is 5.91 Å². The van der Waals surface area contributed by atoms with E-state index in [4.69, 9.17) is 4.74 Å². The lowest BCUT2D eigenvalue weighted by Gasteiger charge is -2.20. The van der Waals surface area contributed by atoms with Crippen LogP contribution in [0.15, 0.2) is 60.8 Å². The molecule has 2 rings (SSSR count). The average molecular weight is 338 g/mol. The number of hydrogen-bond donors (Lipinski definition) is 0. The molecule has 1 heterocycles. The van der Waals surface area contributed by atoms with Gasteiger partial charge >= 0.3 is 5.97 Å². The highest BCUT2D eigenvalue weighted by molar-refractivity contribution is 5.92. The van der Waals surface area contributed by atoms with Crippen LogP contribution in [0.3, 0.4) is 0 Å². The Balaban J connectivity index is 2.05. The number of benzene rings is 1. The van der Waals surface area contributed by atoms with Crippen molar-refractivity contribution in [2.45, 2.75) is 19.9 Å². The number of rotatable bonds is 8. The molecule has 0 saturated heterocycles. The number of amides is 1. The van der Waals surface area contributed by atoms with Crippen LogP contribution in [0.25, 0.3) is 6.08 Å². The summed E-state index contributed by atoms with van der Waals surface area (Å²) in [4.78, 5) is 30.0. The Morgan fingerprint density at radius 2 is 1.88 bits per heavy atom. The Morgan fingerprint density at radius 3 is 2.56 bits per heavy atom. The maximum absolute atomic E-state index is 12.6. The molecular formula is C20H22N2O3. The molecule has 0 atom stereocenters. The van der Waals surface area contributed by atoms with Gasteiger partial charge in [0.1, 0.15) is 0 Å². The molecule has 130 valence electrons. The molecule has 0 bridgehead atoms. The Bertz CT molecular complexity index is 699. The summed E-state index contributed by atoms with van der Waals surface area (Å²) < 4.78 is 4.94. The molecule has 5 heteroatoms. The number of nitrogens with zero attached hydrogens (tertiary/aromatic N) is 2. The van der Waals surface area contributed by atoms with Crippen LogP contribution < -0.4 is 0 Å². The van der Waals surface area contributed by atoms with E-state index in [0.717, 1.165) is 11.3 Å². The molecule has 0 N–H and O–H groups in total. The zero-order chi connectivity index (χ0) is 17.9. The Labute approximate surface area is 147 Å². The van der Waals surface area contributed by atoms with E-state index in [9.17, 15) is 9.59 Å². The normalized spacial score (nSPS) is 10.6. The van der Waals surface area contributed by atoms with Gasteiger partial charge in [0.25, 0.3) is 0 Å². The molecule has 1 amide bonds. The molecule has 2 aromatic rings. The first kappa shape index (κ1) is 18.4. The van der Waals surface area contributed by atoms with E-state index in [0.29, 0.717) is 13.2 Å². The summed E-state index contributed by atoms with van der Waals surface area (Å²) >= 11 is 0. The minimum absolute atomic E-state index is 0.158. The van der Waals surface area contributed by atoms with E-state index < -0.39 is 0 Å². The van der Waals surface area contributed by atoms with Crippen LogP contribution in [-0.4, -0.2) is 34.9 Å². The number of pyridine rings is 1. The van der Waals surface area contributed by atoms with Gasteiger partial charge in [-0.1, -0.05) is 36.4 Å². The van der Waals surface area contributed by atoms with E-state index >= 15 is 0 Å². The van der Waals surface area contributed by atoms with Crippen LogP contribution in [0.5, 0.6) is 0 Å². The lowest BCUT2D eigenvalue weighted by molar-refractivity contribution is -0.143. The zero-order valence-electron chi connectivity index (χ0n) is 14.3. The summed E-state index contributed by atoms with van der Waals surface area (Å²) in [6.45, 7) is 2.73. The van der Waals surface area contributed by atoms with Crippen LogP contribution in [0, 0.1) is 0 Å². The first-order valence-electron chi connectivity index (χ1n) is 8.26. The summed E-state index contributed by atoms with van der Waals surface area (Å²) in [5, 5.41) is 0. The summed E-state index contributed by atoms with van der Waals surface area (Å²) in [5.41, 5.74) is 1.71. The van der Waals surface area contributed by atoms with Crippen molar-refractivity contribution >= 4 is 18.0 Å². The van der Waals surface area contributed by atoms with Gasteiger partial charge in [-0.05, 0) is 30.7 Å². The SMILES string of the molecule is CCOC(=O)CCN(Cc1ccccn1)C(=O)/C=C/c1ccccc1. The van der Waals surface area contributed by atoms with Gasteiger partial charge in [0.15, 0.2) is 0 Å². The molecule has 1 aromatic carbocycles.